The molecule has 1 N–H and O–H groups in total. The number of rotatable bonds is 2. The predicted octanol–water partition coefficient (Wildman–Crippen LogP) is 3.94. The van der Waals surface area contributed by atoms with Gasteiger partial charge in [-0.05, 0) is 36.5 Å². The molecule has 1 aromatic carbocycles. The lowest BCUT2D eigenvalue weighted by atomic mass is 9.84. The molecular formula is C13H18N. The summed E-state index contributed by atoms with van der Waals surface area (Å²) in [5, 5.41) is 2.91. The summed E-state index contributed by atoms with van der Waals surface area (Å²) in [7, 11) is 3.65. The number of nitrogens with one attached hydrogen (secondary N) is 1. The molecule has 0 unspecified atom stereocenters. The molecule has 0 saturated heterocycles. The van der Waals surface area contributed by atoms with Crippen LogP contribution >= 0.6 is 0 Å². The summed E-state index contributed by atoms with van der Waals surface area (Å²) in [6.07, 6.45) is 6.98. The van der Waals surface area contributed by atoms with Gasteiger partial charge in [-0.25, -0.2) is 0 Å². The van der Waals surface area contributed by atoms with Crippen LogP contribution in [0.2, 0.25) is 0 Å². The summed E-state index contributed by atoms with van der Waals surface area (Å²) in [5.41, 5.74) is 2.60. The van der Waals surface area contributed by atoms with Crippen molar-refractivity contribution >= 4 is 5.69 Å². The van der Waals surface area contributed by atoms with Crippen LogP contribution < -0.4 is 5.32 Å². The normalized spacial score (nSPS) is 18.1. The lowest BCUT2D eigenvalue weighted by Gasteiger charge is -2.22. The Hall–Kier alpha value is -0.980. The Balaban J connectivity index is 2.07. The van der Waals surface area contributed by atoms with E-state index in [1.165, 1.54) is 37.7 Å². The summed E-state index contributed by atoms with van der Waals surface area (Å²) in [4.78, 5) is 0. The highest BCUT2D eigenvalue weighted by atomic mass is 14.8. The molecule has 1 heteroatoms. The number of anilines is 1. The van der Waals surface area contributed by atoms with Crippen LogP contribution in [0.5, 0.6) is 0 Å². The minimum Gasteiger partial charge on any atom is -0.383 e. The van der Waals surface area contributed by atoms with E-state index in [-0.39, 0.29) is 0 Å². The predicted molar refractivity (Wildman–Crippen MR) is 61.2 cm³/mol. The molecule has 2 rings (SSSR count). The first-order valence-electron chi connectivity index (χ1n) is 5.53. The highest BCUT2D eigenvalue weighted by molar-refractivity contribution is 5.45. The first-order chi connectivity index (χ1) is 6.90. The van der Waals surface area contributed by atoms with E-state index in [0.717, 1.165) is 11.6 Å². The Kier molecular flexibility index (Phi) is 3.07. The van der Waals surface area contributed by atoms with Crippen molar-refractivity contribution in [2.75, 3.05) is 5.32 Å². The second kappa shape index (κ2) is 4.50. The van der Waals surface area contributed by atoms with Gasteiger partial charge in [0.15, 0.2) is 0 Å². The van der Waals surface area contributed by atoms with Gasteiger partial charge in [-0.15, -0.1) is 0 Å². The zero-order chi connectivity index (χ0) is 9.80. The molecule has 0 atom stereocenters. The van der Waals surface area contributed by atoms with Crippen molar-refractivity contribution in [1.82, 2.24) is 0 Å². The van der Waals surface area contributed by atoms with Crippen LogP contribution in [-0.4, -0.2) is 0 Å². The smallest absolute Gasteiger partial charge is 0.0340 e. The van der Waals surface area contributed by atoms with Gasteiger partial charge in [-0.1, -0.05) is 31.4 Å². The fourth-order valence-corrected chi connectivity index (χ4v) is 2.31. The summed E-state index contributed by atoms with van der Waals surface area (Å²) < 4.78 is 0. The largest absolute Gasteiger partial charge is 0.383 e. The molecule has 0 bridgehead atoms. The van der Waals surface area contributed by atoms with Gasteiger partial charge in [-0.3, -0.25) is 0 Å². The van der Waals surface area contributed by atoms with Crippen LogP contribution in [0.25, 0.3) is 0 Å². The van der Waals surface area contributed by atoms with E-state index in [4.69, 9.17) is 0 Å². The highest BCUT2D eigenvalue weighted by Crippen LogP contribution is 2.32. The Morgan fingerprint density at radius 1 is 1.00 bits per heavy atom. The molecular weight excluding hydrogens is 170 g/mol. The van der Waals surface area contributed by atoms with E-state index in [2.05, 4.69) is 36.6 Å². The third-order valence-electron chi connectivity index (χ3n) is 3.19. The molecule has 1 radical (unpaired) electrons. The van der Waals surface area contributed by atoms with Gasteiger partial charge in [0.25, 0.3) is 0 Å². The van der Waals surface area contributed by atoms with E-state index in [9.17, 15) is 0 Å². The SMILES string of the molecule is [CH2]Nc1ccc(C2CCCCC2)cc1. The van der Waals surface area contributed by atoms with E-state index in [0.29, 0.717) is 0 Å². The lowest BCUT2D eigenvalue weighted by molar-refractivity contribution is 0.443. The Labute approximate surface area is 86.5 Å². The molecule has 0 spiro atoms. The molecule has 1 fully saturated rings. The molecule has 1 nitrogen and oxygen atoms in total. The average molecular weight is 188 g/mol. The van der Waals surface area contributed by atoms with Crippen molar-refractivity contribution < 1.29 is 0 Å². The Morgan fingerprint density at radius 2 is 1.64 bits per heavy atom. The third kappa shape index (κ3) is 2.09. The standard InChI is InChI=1S/C13H18N/c1-14-13-9-7-12(8-10-13)11-5-3-2-4-6-11/h7-11,14H,1-6H2. The lowest BCUT2D eigenvalue weighted by Crippen LogP contribution is -2.04. The van der Waals surface area contributed by atoms with Gasteiger partial charge < -0.3 is 5.32 Å². The number of benzene rings is 1. The zero-order valence-corrected chi connectivity index (χ0v) is 8.63. The maximum atomic E-state index is 3.65. The third-order valence-corrected chi connectivity index (χ3v) is 3.19. The van der Waals surface area contributed by atoms with Crippen LogP contribution in [0.4, 0.5) is 5.69 Å². The minimum absolute atomic E-state index is 0.808. The second-order valence-corrected chi connectivity index (χ2v) is 4.13. The van der Waals surface area contributed by atoms with Crippen molar-refractivity contribution in [2.24, 2.45) is 0 Å². The van der Waals surface area contributed by atoms with Crippen LogP contribution in [0.1, 0.15) is 43.6 Å². The van der Waals surface area contributed by atoms with E-state index in [1.807, 2.05) is 0 Å². The second-order valence-electron chi connectivity index (χ2n) is 4.13. The first kappa shape index (κ1) is 9.57. The van der Waals surface area contributed by atoms with Gasteiger partial charge in [0.05, 0.1) is 0 Å². The van der Waals surface area contributed by atoms with E-state index >= 15 is 0 Å². The maximum absolute atomic E-state index is 3.65. The van der Waals surface area contributed by atoms with Gasteiger partial charge in [0.2, 0.25) is 0 Å². The molecule has 0 aromatic heterocycles. The summed E-state index contributed by atoms with van der Waals surface area (Å²) >= 11 is 0. The summed E-state index contributed by atoms with van der Waals surface area (Å²) in [6, 6.07) is 8.72. The fraction of sp³-hybridized carbons (Fsp3) is 0.462. The van der Waals surface area contributed by atoms with Gasteiger partial charge in [0, 0.05) is 12.7 Å². The molecule has 1 saturated carbocycles. The van der Waals surface area contributed by atoms with Gasteiger partial charge in [-0.2, -0.15) is 0 Å². The van der Waals surface area contributed by atoms with E-state index < -0.39 is 0 Å². The van der Waals surface area contributed by atoms with Crippen LogP contribution in [0.15, 0.2) is 24.3 Å². The van der Waals surface area contributed by atoms with Crippen LogP contribution in [-0.2, 0) is 0 Å². The molecule has 14 heavy (non-hydrogen) atoms. The minimum atomic E-state index is 0.808. The molecule has 1 aliphatic carbocycles. The van der Waals surface area contributed by atoms with Crippen LogP contribution in [0, 0.1) is 7.05 Å². The van der Waals surface area contributed by atoms with Crippen molar-refractivity contribution in [2.45, 2.75) is 38.0 Å². The van der Waals surface area contributed by atoms with Crippen LogP contribution in [0.3, 0.4) is 0 Å². The first-order valence-corrected chi connectivity index (χ1v) is 5.53. The quantitative estimate of drug-likeness (QED) is 0.741. The number of hydrogen-bond acceptors (Lipinski definition) is 1. The van der Waals surface area contributed by atoms with Crippen molar-refractivity contribution in [3.63, 3.8) is 0 Å². The summed E-state index contributed by atoms with van der Waals surface area (Å²) in [6.45, 7) is 0. The Morgan fingerprint density at radius 3 is 2.21 bits per heavy atom. The van der Waals surface area contributed by atoms with Gasteiger partial charge >= 0.3 is 0 Å². The fourth-order valence-electron chi connectivity index (χ4n) is 2.31. The zero-order valence-electron chi connectivity index (χ0n) is 8.63. The molecule has 75 valence electrons. The van der Waals surface area contributed by atoms with E-state index in [1.54, 1.807) is 0 Å². The molecule has 1 aromatic rings. The monoisotopic (exact) mass is 188 g/mol. The Bertz CT molecular complexity index is 270. The maximum Gasteiger partial charge on any atom is 0.0340 e. The topological polar surface area (TPSA) is 12.0 Å². The summed E-state index contributed by atoms with van der Waals surface area (Å²) in [5.74, 6) is 0.808. The van der Waals surface area contributed by atoms with Gasteiger partial charge in [0.1, 0.15) is 0 Å². The van der Waals surface area contributed by atoms with Crippen molar-refractivity contribution in [1.29, 1.82) is 0 Å². The number of hydrogen-bond donors (Lipinski definition) is 1. The van der Waals surface area contributed by atoms with Crippen molar-refractivity contribution in [3.05, 3.63) is 36.9 Å². The molecule has 0 heterocycles. The average Bonchev–Trinajstić information content (AvgIpc) is 2.30. The molecule has 1 aliphatic rings. The van der Waals surface area contributed by atoms with Crippen molar-refractivity contribution in [3.8, 4) is 0 Å². The highest BCUT2D eigenvalue weighted by Gasteiger charge is 2.14. The molecule has 0 aliphatic heterocycles. The molecule has 0 amide bonds.